The summed E-state index contributed by atoms with van der Waals surface area (Å²) in [7, 11) is 0. The summed E-state index contributed by atoms with van der Waals surface area (Å²) in [6.45, 7) is 0.567. The van der Waals surface area contributed by atoms with E-state index in [0.29, 0.717) is 12.1 Å². The fourth-order valence-electron chi connectivity index (χ4n) is 2.29. The van der Waals surface area contributed by atoms with E-state index in [0.717, 1.165) is 25.0 Å². The van der Waals surface area contributed by atoms with E-state index in [-0.39, 0.29) is 48.3 Å². The second-order valence-corrected chi connectivity index (χ2v) is 5.21. The van der Waals surface area contributed by atoms with Gasteiger partial charge in [0, 0.05) is 18.7 Å². The summed E-state index contributed by atoms with van der Waals surface area (Å²) < 4.78 is 34.7. The Morgan fingerprint density at radius 2 is 2.30 bits per heavy atom. The summed E-state index contributed by atoms with van der Waals surface area (Å²) >= 11 is 0. The van der Waals surface area contributed by atoms with Crippen LogP contribution in [0.25, 0.3) is 0 Å². The number of halogens is 3. The minimum Gasteiger partial charge on any atom is -0.434 e. The van der Waals surface area contributed by atoms with Gasteiger partial charge >= 0.3 is 6.61 Å². The van der Waals surface area contributed by atoms with Crippen molar-refractivity contribution in [1.29, 1.82) is 0 Å². The van der Waals surface area contributed by atoms with E-state index in [1.54, 1.807) is 12.1 Å². The highest BCUT2D eigenvalue weighted by Crippen LogP contribution is 2.22. The fraction of sp³-hybridized carbons (Fsp3) is 0.533. The Balaban J connectivity index is 0.00000264. The number of nitrogens with one attached hydrogen (secondary N) is 1. The van der Waals surface area contributed by atoms with Crippen molar-refractivity contribution in [2.45, 2.75) is 39.0 Å². The number of aliphatic imine (C=N–C) groups is 1. The van der Waals surface area contributed by atoms with E-state index >= 15 is 0 Å². The van der Waals surface area contributed by atoms with Gasteiger partial charge in [-0.25, -0.2) is 4.99 Å². The maximum atomic E-state index is 12.4. The highest BCUT2D eigenvalue weighted by atomic mass is 127. The Bertz CT molecular complexity index is 523. The van der Waals surface area contributed by atoms with Gasteiger partial charge in [0.1, 0.15) is 5.75 Å². The molecule has 23 heavy (non-hydrogen) atoms. The van der Waals surface area contributed by atoms with Crippen LogP contribution in [0.4, 0.5) is 8.78 Å². The van der Waals surface area contributed by atoms with E-state index in [1.807, 2.05) is 6.92 Å². The largest absolute Gasteiger partial charge is 0.434 e. The summed E-state index contributed by atoms with van der Waals surface area (Å²) in [6.07, 6.45) is 2.22. The number of alkyl halides is 2. The van der Waals surface area contributed by atoms with Gasteiger partial charge in [0.15, 0.2) is 5.96 Å². The van der Waals surface area contributed by atoms with Crippen LogP contribution in [0.2, 0.25) is 0 Å². The van der Waals surface area contributed by atoms with Crippen LogP contribution in [-0.2, 0) is 11.3 Å². The Kier molecular flexibility index (Phi) is 8.53. The molecule has 1 atom stereocenters. The van der Waals surface area contributed by atoms with Gasteiger partial charge in [-0.15, -0.1) is 24.0 Å². The smallest absolute Gasteiger partial charge is 0.387 e. The van der Waals surface area contributed by atoms with Crippen LogP contribution in [0.5, 0.6) is 5.75 Å². The SMILES string of the molecule is Cc1ccc(OC(F)F)c(CN=C(N)NCC2CCCO2)c1.I. The van der Waals surface area contributed by atoms with Crippen LogP contribution in [0.3, 0.4) is 0 Å². The normalized spacial score (nSPS) is 17.9. The molecule has 1 unspecified atom stereocenters. The van der Waals surface area contributed by atoms with Gasteiger partial charge < -0.3 is 20.5 Å². The molecule has 1 aromatic carbocycles. The number of hydrogen-bond donors (Lipinski definition) is 2. The quantitative estimate of drug-likeness (QED) is 0.405. The Morgan fingerprint density at radius 3 is 2.96 bits per heavy atom. The second kappa shape index (κ2) is 9.86. The van der Waals surface area contributed by atoms with Gasteiger partial charge in [-0.1, -0.05) is 17.7 Å². The molecule has 0 aliphatic carbocycles. The summed E-state index contributed by atoms with van der Waals surface area (Å²) in [6, 6.07) is 4.99. The van der Waals surface area contributed by atoms with Gasteiger partial charge in [0.25, 0.3) is 0 Å². The van der Waals surface area contributed by atoms with Crippen molar-refractivity contribution in [2.24, 2.45) is 10.7 Å². The van der Waals surface area contributed by atoms with E-state index < -0.39 is 6.61 Å². The number of aryl methyl sites for hydroxylation is 1. The molecule has 0 bridgehead atoms. The first-order chi connectivity index (χ1) is 10.5. The number of hydrogen-bond acceptors (Lipinski definition) is 3. The molecule has 0 saturated carbocycles. The maximum Gasteiger partial charge on any atom is 0.387 e. The molecule has 8 heteroatoms. The number of benzene rings is 1. The molecule has 2 rings (SSSR count). The molecule has 5 nitrogen and oxygen atoms in total. The zero-order chi connectivity index (χ0) is 15.9. The molecular weight excluding hydrogens is 419 g/mol. The lowest BCUT2D eigenvalue weighted by Crippen LogP contribution is -2.37. The maximum absolute atomic E-state index is 12.4. The van der Waals surface area contributed by atoms with Gasteiger partial charge in [0.05, 0.1) is 12.6 Å². The minimum atomic E-state index is -2.86. The molecule has 1 fully saturated rings. The van der Waals surface area contributed by atoms with E-state index in [9.17, 15) is 8.78 Å². The number of rotatable bonds is 6. The highest BCUT2D eigenvalue weighted by Gasteiger charge is 2.15. The zero-order valence-corrected chi connectivity index (χ0v) is 15.3. The van der Waals surface area contributed by atoms with Crippen molar-refractivity contribution in [3.05, 3.63) is 29.3 Å². The molecule has 0 aromatic heterocycles. The van der Waals surface area contributed by atoms with Gasteiger partial charge in [0.2, 0.25) is 0 Å². The average Bonchev–Trinajstić information content (AvgIpc) is 2.98. The Hall–Kier alpha value is -1.16. The predicted molar refractivity (Wildman–Crippen MR) is 95.5 cm³/mol. The molecule has 0 spiro atoms. The number of guanidine groups is 1. The van der Waals surface area contributed by atoms with Gasteiger partial charge in [-0.3, -0.25) is 0 Å². The molecule has 1 saturated heterocycles. The van der Waals surface area contributed by atoms with Crippen LogP contribution < -0.4 is 15.8 Å². The zero-order valence-electron chi connectivity index (χ0n) is 12.9. The van der Waals surface area contributed by atoms with E-state index in [1.165, 1.54) is 6.07 Å². The monoisotopic (exact) mass is 441 g/mol. The lowest BCUT2D eigenvalue weighted by molar-refractivity contribution is -0.0504. The summed E-state index contributed by atoms with van der Waals surface area (Å²) in [4.78, 5) is 4.17. The predicted octanol–water partition coefficient (Wildman–Crippen LogP) is 2.80. The third kappa shape index (κ3) is 6.86. The van der Waals surface area contributed by atoms with E-state index in [4.69, 9.17) is 10.5 Å². The minimum absolute atomic E-state index is 0. The lowest BCUT2D eigenvalue weighted by atomic mass is 10.1. The number of ether oxygens (including phenoxy) is 2. The molecule has 1 aliphatic rings. The fourth-order valence-corrected chi connectivity index (χ4v) is 2.29. The van der Waals surface area contributed by atoms with Crippen LogP contribution in [0.1, 0.15) is 24.0 Å². The average molecular weight is 441 g/mol. The summed E-state index contributed by atoms with van der Waals surface area (Å²) in [5, 5.41) is 2.98. The summed E-state index contributed by atoms with van der Waals surface area (Å²) in [5.74, 6) is 0.385. The van der Waals surface area contributed by atoms with E-state index in [2.05, 4.69) is 15.0 Å². The summed E-state index contributed by atoms with van der Waals surface area (Å²) in [5.41, 5.74) is 7.30. The van der Waals surface area contributed by atoms with Gasteiger partial charge in [-0.05, 0) is 25.8 Å². The molecule has 1 aliphatic heterocycles. The van der Waals surface area contributed by atoms with Crippen molar-refractivity contribution in [1.82, 2.24) is 5.32 Å². The van der Waals surface area contributed by atoms with Crippen LogP contribution >= 0.6 is 24.0 Å². The molecule has 3 N–H and O–H groups in total. The Labute approximate surface area is 151 Å². The van der Waals surface area contributed by atoms with Gasteiger partial charge in [-0.2, -0.15) is 8.78 Å². The molecular formula is C15H22F2IN3O2. The standard InChI is InChI=1S/C15H21F2N3O2.HI/c1-10-4-5-13(22-14(16)17)11(7-10)8-19-15(18)20-9-12-3-2-6-21-12;/h4-5,7,12,14H,2-3,6,8-9H2,1H3,(H3,18,19,20);1H. The van der Waals surface area contributed by atoms with Crippen LogP contribution in [0.15, 0.2) is 23.2 Å². The molecule has 1 aromatic rings. The lowest BCUT2D eigenvalue weighted by Gasteiger charge is -2.12. The first-order valence-electron chi connectivity index (χ1n) is 7.24. The van der Waals surface area contributed by atoms with Crippen molar-refractivity contribution >= 4 is 29.9 Å². The first-order valence-corrected chi connectivity index (χ1v) is 7.24. The highest BCUT2D eigenvalue weighted by molar-refractivity contribution is 14.0. The second-order valence-electron chi connectivity index (χ2n) is 5.21. The molecule has 0 radical (unpaired) electrons. The third-order valence-electron chi connectivity index (χ3n) is 3.39. The Morgan fingerprint density at radius 1 is 1.52 bits per heavy atom. The van der Waals surface area contributed by atoms with Crippen LogP contribution in [0, 0.1) is 6.92 Å². The first kappa shape index (κ1) is 19.9. The number of nitrogens with two attached hydrogens (primary N) is 1. The van der Waals surface area contributed by atoms with Crippen molar-refractivity contribution < 1.29 is 18.3 Å². The van der Waals surface area contributed by atoms with Crippen molar-refractivity contribution in [3.8, 4) is 5.75 Å². The van der Waals surface area contributed by atoms with Crippen molar-refractivity contribution in [2.75, 3.05) is 13.2 Å². The van der Waals surface area contributed by atoms with Crippen molar-refractivity contribution in [3.63, 3.8) is 0 Å². The van der Waals surface area contributed by atoms with Crippen LogP contribution in [-0.4, -0.2) is 31.8 Å². The number of nitrogens with zero attached hydrogens (tertiary/aromatic N) is 1. The molecule has 1 heterocycles. The topological polar surface area (TPSA) is 68.9 Å². The third-order valence-corrected chi connectivity index (χ3v) is 3.39. The molecule has 0 amide bonds. The molecule has 130 valence electrons.